The fraction of sp³-hybridized carbons (Fsp3) is 0.294. The second-order valence-electron chi connectivity index (χ2n) is 11.3. The number of nitrogens with two attached hydrogens (primary N) is 3. The van der Waals surface area contributed by atoms with Gasteiger partial charge in [0.25, 0.3) is 0 Å². The Labute approximate surface area is 287 Å². The van der Waals surface area contributed by atoms with E-state index in [1.807, 2.05) is 36.4 Å². The molecule has 0 bridgehead atoms. The van der Waals surface area contributed by atoms with Gasteiger partial charge >= 0.3 is 6.09 Å². The number of hydrogen-bond donors (Lipinski definition) is 6. The molecule has 1 unspecified atom stereocenters. The predicted molar refractivity (Wildman–Crippen MR) is 184 cm³/mol. The summed E-state index contributed by atoms with van der Waals surface area (Å²) in [6.07, 6.45) is -0.735. The summed E-state index contributed by atoms with van der Waals surface area (Å²) in [5, 5.41) is 6.96. The third-order valence-corrected chi connectivity index (χ3v) is 8.84. The lowest BCUT2D eigenvalue weighted by Crippen LogP contribution is -2.54. The molecule has 1 fully saturated rings. The van der Waals surface area contributed by atoms with E-state index in [9.17, 15) is 28.8 Å². The lowest BCUT2D eigenvalue weighted by molar-refractivity contribution is -0.139. The molecule has 4 rings (SSSR count). The third-order valence-electron chi connectivity index (χ3n) is 7.54. The van der Waals surface area contributed by atoms with Gasteiger partial charge in [0.05, 0.1) is 17.8 Å². The van der Waals surface area contributed by atoms with Gasteiger partial charge in [-0.15, -0.1) is 11.8 Å². The molecule has 0 spiro atoms. The summed E-state index contributed by atoms with van der Waals surface area (Å²) >= 11 is 1.04. The minimum Gasteiger partial charge on any atom is -0.410 e. The average Bonchev–Trinajstić information content (AvgIpc) is 3.35. The molecule has 0 aromatic heterocycles. The van der Waals surface area contributed by atoms with Crippen molar-refractivity contribution in [1.29, 1.82) is 0 Å². The van der Waals surface area contributed by atoms with Crippen LogP contribution >= 0.6 is 11.8 Å². The second-order valence-corrected chi connectivity index (χ2v) is 12.5. The fourth-order valence-electron chi connectivity index (χ4n) is 4.91. The number of ether oxygens (including phenoxy) is 1. The Balaban J connectivity index is 1.26. The molecule has 6 amide bonds. The molecular formula is C34H39N7O7S. The summed E-state index contributed by atoms with van der Waals surface area (Å²) in [6.45, 7) is 0.164. The van der Waals surface area contributed by atoms with Gasteiger partial charge in [0.2, 0.25) is 29.5 Å². The summed E-state index contributed by atoms with van der Waals surface area (Å²) in [4.78, 5) is 77.0. The van der Waals surface area contributed by atoms with Crippen LogP contribution in [0.2, 0.25) is 0 Å². The number of rotatable bonds is 16. The minimum absolute atomic E-state index is 0.0193. The van der Waals surface area contributed by atoms with Crippen molar-refractivity contribution in [1.82, 2.24) is 15.5 Å². The molecule has 15 heteroatoms. The van der Waals surface area contributed by atoms with Gasteiger partial charge in [0, 0.05) is 17.9 Å². The first kappa shape index (κ1) is 36.6. The van der Waals surface area contributed by atoms with Gasteiger partial charge in [0.15, 0.2) is 0 Å². The molecule has 9 N–H and O–H groups in total. The minimum atomic E-state index is -1.20. The maximum absolute atomic E-state index is 13.1. The van der Waals surface area contributed by atoms with Crippen LogP contribution in [0.4, 0.5) is 10.5 Å². The van der Waals surface area contributed by atoms with Crippen LogP contribution in [0.1, 0.15) is 24.0 Å². The van der Waals surface area contributed by atoms with Crippen molar-refractivity contribution < 1.29 is 33.5 Å². The van der Waals surface area contributed by atoms with Crippen molar-refractivity contribution in [2.45, 2.75) is 49.2 Å². The van der Waals surface area contributed by atoms with Gasteiger partial charge in [-0.3, -0.25) is 28.9 Å². The molecule has 1 aliphatic rings. The molecule has 0 aliphatic carbocycles. The number of thioether (sulfide) groups is 1. The highest BCUT2D eigenvalue weighted by Crippen LogP contribution is 2.27. The topological polar surface area (TPSA) is 229 Å². The first-order valence-electron chi connectivity index (χ1n) is 15.5. The molecular weight excluding hydrogens is 650 g/mol. The second kappa shape index (κ2) is 17.8. The van der Waals surface area contributed by atoms with Crippen LogP contribution in [-0.4, -0.2) is 76.2 Å². The lowest BCUT2D eigenvalue weighted by Gasteiger charge is -2.22. The zero-order chi connectivity index (χ0) is 35.3. The molecule has 1 aliphatic heterocycles. The highest BCUT2D eigenvalue weighted by atomic mass is 32.2. The van der Waals surface area contributed by atoms with E-state index in [0.717, 1.165) is 22.9 Å². The van der Waals surface area contributed by atoms with E-state index in [0.29, 0.717) is 5.69 Å². The van der Waals surface area contributed by atoms with Crippen LogP contribution < -0.4 is 37.9 Å². The van der Waals surface area contributed by atoms with Crippen molar-refractivity contribution in [3.8, 4) is 5.75 Å². The number of amides is 6. The van der Waals surface area contributed by atoms with E-state index in [1.165, 1.54) is 17.0 Å². The van der Waals surface area contributed by atoms with Crippen LogP contribution in [0.25, 0.3) is 0 Å². The Morgan fingerprint density at radius 2 is 1.51 bits per heavy atom. The highest BCUT2D eigenvalue weighted by Gasteiger charge is 2.39. The largest absolute Gasteiger partial charge is 0.413 e. The summed E-state index contributed by atoms with van der Waals surface area (Å²) in [5.41, 5.74) is 19.4. The number of likely N-dealkylation sites (tertiary alicyclic amines) is 1. The van der Waals surface area contributed by atoms with E-state index in [1.54, 1.807) is 36.4 Å². The SMILES string of the molecule is NCC[C@H](NC(=O)Oc1ccc(C[C@H](N)C(=O)Nc2ccccc2)cc1)C(=O)N[C@@H](CSC1CC(=O)N(Cc2ccccc2)C1=O)C(N)=O. The maximum Gasteiger partial charge on any atom is 0.413 e. The molecule has 14 nitrogen and oxygen atoms in total. The summed E-state index contributed by atoms with van der Waals surface area (Å²) in [5.74, 6) is -2.56. The normalized spacial score (nSPS) is 16.0. The zero-order valence-corrected chi connectivity index (χ0v) is 27.4. The van der Waals surface area contributed by atoms with Gasteiger partial charge in [-0.05, 0) is 54.8 Å². The van der Waals surface area contributed by atoms with Crippen LogP contribution in [0.15, 0.2) is 84.9 Å². The van der Waals surface area contributed by atoms with Gasteiger partial charge in [0.1, 0.15) is 17.8 Å². The zero-order valence-electron chi connectivity index (χ0n) is 26.6. The predicted octanol–water partition coefficient (Wildman–Crippen LogP) is 1.03. The van der Waals surface area contributed by atoms with Crippen molar-refractivity contribution in [3.63, 3.8) is 0 Å². The smallest absolute Gasteiger partial charge is 0.410 e. The molecule has 3 aromatic rings. The number of anilines is 1. The number of nitrogens with one attached hydrogen (secondary N) is 3. The number of carbonyl (C=O) groups excluding carboxylic acids is 6. The van der Waals surface area contributed by atoms with Gasteiger partial charge in [-0.2, -0.15) is 0 Å². The Morgan fingerprint density at radius 3 is 2.14 bits per heavy atom. The van der Waals surface area contributed by atoms with Gasteiger partial charge < -0.3 is 37.9 Å². The molecule has 4 atom stereocenters. The number of benzene rings is 3. The number of carbonyl (C=O) groups is 6. The number of imide groups is 1. The molecule has 258 valence electrons. The van der Waals surface area contributed by atoms with Crippen molar-refractivity contribution in [2.75, 3.05) is 17.6 Å². The maximum atomic E-state index is 13.1. The van der Waals surface area contributed by atoms with Crippen LogP contribution in [-0.2, 0) is 36.9 Å². The average molecular weight is 690 g/mol. The highest BCUT2D eigenvalue weighted by molar-refractivity contribution is 8.00. The Hall–Kier alpha value is -5.25. The first-order chi connectivity index (χ1) is 23.5. The van der Waals surface area contributed by atoms with Gasteiger partial charge in [-0.1, -0.05) is 60.7 Å². The molecule has 1 heterocycles. The monoisotopic (exact) mass is 689 g/mol. The van der Waals surface area contributed by atoms with E-state index in [4.69, 9.17) is 21.9 Å². The van der Waals surface area contributed by atoms with Crippen molar-refractivity contribution in [3.05, 3.63) is 96.1 Å². The Morgan fingerprint density at radius 1 is 0.857 bits per heavy atom. The number of nitrogens with zero attached hydrogens (tertiary/aromatic N) is 1. The number of hydrogen-bond acceptors (Lipinski definition) is 10. The van der Waals surface area contributed by atoms with Crippen molar-refractivity contribution in [2.24, 2.45) is 17.2 Å². The number of primary amides is 1. The molecule has 49 heavy (non-hydrogen) atoms. The summed E-state index contributed by atoms with van der Waals surface area (Å²) in [6, 6.07) is 21.2. The number of para-hydroxylation sites is 1. The van der Waals surface area contributed by atoms with Crippen LogP contribution in [0, 0.1) is 0 Å². The van der Waals surface area contributed by atoms with E-state index in [-0.39, 0.29) is 61.6 Å². The molecule has 0 saturated carbocycles. The molecule has 3 aromatic carbocycles. The first-order valence-corrected chi connectivity index (χ1v) is 16.6. The standard InChI is InChI=1S/C34H39N7O7S/c35-16-15-26(40-34(47)48-24-13-11-21(12-14-24)17-25(36)31(44)38-23-9-5-2-6-10-23)32(45)39-27(30(37)43)20-49-28-18-29(42)41(33(28)46)19-22-7-3-1-4-8-22/h1-14,25-28H,15-20,35-36H2,(H2,37,43)(H,38,44)(H,39,45)(H,40,47)/t25-,26-,27-,28?/m0/s1. The van der Waals surface area contributed by atoms with E-state index in [2.05, 4.69) is 16.0 Å². The van der Waals surface area contributed by atoms with Crippen LogP contribution in [0.3, 0.4) is 0 Å². The van der Waals surface area contributed by atoms with Gasteiger partial charge in [-0.25, -0.2) is 4.79 Å². The Kier molecular flexibility index (Phi) is 13.3. The summed E-state index contributed by atoms with van der Waals surface area (Å²) in [7, 11) is 0. The van der Waals surface area contributed by atoms with E-state index < -0.39 is 41.3 Å². The van der Waals surface area contributed by atoms with E-state index >= 15 is 0 Å². The third kappa shape index (κ3) is 10.9. The quantitative estimate of drug-likeness (QED) is 0.117. The molecule has 1 saturated heterocycles. The Bertz CT molecular complexity index is 1630. The molecule has 0 radical (unpaired) electrons. The fourth-order valence-corrected chi connectivity index (χ4v) is 6.11. The van der Waals surface area contributed by atoms with Crippen LogP contribution in [0.5, 0.6) is 5.75 Å². The van der Waals surface area contributed by atoms with Crippen molar-refractivity contribution >= 4 is 53.1 Å². The lowest BCUT2D eigenvalue weighted by atomic mass is 10.1. The summed E-state index contributed by atoms with van der Waals surface area (Å²) < 4.78 is 5.32.